The molecule has 2 N–H and O–H groups in total. The van der Waals surface area contributed by atoms with E-state index >= 15 is 0 Å². The fraction of sp³-hybridized carbons (Fsp3) is 0.700. The van der Waals surface area contributed by atoms with E-state index in [9.17, 15) is 9.90 Å². The summed E-state index contributed by atoms with van der Waals surface area (Å²) in [6.45, 7) is 3.90. The van der Waals surface area contributed by atoms with Crippen LogP contribution in [0.25, 0.3) is 0 Å². The third-order valence-corrected chi connectivity index (χ3v) is 3.50. The molecular formula is C10H16N4O3S. The van der Waals surface area contributed by atoms with E-state index in [1.807, 2.05) is 6.92 Å². The number of aliphatic hydroxyl groups excluding tert-OH is 1. The Hall–Kier alpha value is -1.25. The summed E-state index contributed by atoms with van der Waals surface area (Å²) < 4.78 is 5.23. The zero-order valence-corrected chi connectivity index (χ0v) is 10.9. The number of hydrogen-bond acceptors (Lipinski definition) is 7. The van der Waals surface area contributed by atoms with E-state index in [1.54, 1.807) is 4.90 Å². The third kappa shape index (κ3) is 2.77. The second kappa shape index (κ2) is 6.07. The molecule has 1 fully saturated rings. The number of anilines is 1. The maximum absolute atomic E-state index is 12.2. The fourth-order valence-corrected chi connectivity index (χ4v) is 2.50. The maximum Gasteiger partial charge on any atom is 0.285 e. The van der Waals surface area contributed by atoms with Gasteiger partial charge in [0.1, 0.15) is 0 Å². The van der Waals surface area contributed by atoms with Gasteiger partial charge in [0, 0.05) is 13.1 Å². The highest BCUT2D eigenvalue weighted by Gasteiger charge is 2.29. The number of aliphatic hydroxyl groups is 1. The van der Waals surface area contributed by atoms with Gasteiger partial charge in [0.25, 0.3) is 5.91 Å². The zero-order valence-electron chi connectivity index (χ0n) is 10.1. The quantitative estimate of drug-likeness (QED) is 0.789. The van der Waals surface area contributed by atoms with E-state index in [-0.39, 0.29) is 18.6 Å². The highest BCUT2D eigenvalue weighted by atomic mass is 32.1. The number of aromatic nitrogens is 2. The van der Waals surface area contributed by atoms with E-state index in [2.05, 4.69) is 15.5 Å². The minimum Gasteiger partial charge on any atom is -0.394 e. The summed E-state index contributed by atoms with van der Waals surface area (Å²) in [5, 5.41) is 21.0. The molecule has 1 atom stereocenters. The van der Waals surface area contributed by atoms with Gasteiger partial charge >= 0.3 is 0 Å². The number of morpholine rings is 1. The molecule has 100 valence electrons. The molecule has 1 aromatic heterocycles. The van der Waals surface area contributed by atoms with Crippen molar-refractivity contribution in [2.24, 2.45) is 0 Å². The van der Waals surface area contributed by atoms with Crippen LogP contribution < -0.4 is 5.32 Å². The van der Waals surface area contributed by atoms with Gasteiger partial charge in [-0.05, 0) is 6.92 Å². The Kier molecular flexibility index (Phi) is 4.45. The van der Waals surface area contributed by atoms with Gasteiger partial charge in [-0.15, -0.1) is 10.2 Å². The zero-order chi connectivity index (χ0) is 13.0. The summed E-state index contributed by atoms with van der Waals surface area (Å²) >= 11 is 1.22. The molecule has 2 rings (SSSR count). The molecule has 0 aliphatic carbocycles. The summed E-state index contributed by atoms with van der Waals surface area (Å²) in [7, 11) is 0. The summed E-state index contributed by atoms with van der Waals surface area (Å²) in [4.78, 5) is 13.8. The molecule has 1 aliphatic heterocycles. The van der Waals surface area contributed by atoms with Crippen LogP contribution in [0.1, 0.15) is 16.7 Å². The van der Waals surface area contributed by atoms with Gasteiger partial charge < -0.3 is 20.1 Å². The molecule has 0 radical (unpaired) electrons. The SMILES string of the molecule is CCNc1nnc(C(=O)N2CCOCC2CO)s1. The average molecular weight is 272 g/mol. The van der Waals surface area contributed by atoms with Crippen LogP contribution >= 0.6 is 11.3 Å². The second-order valence-corrected chi connectivity index (χ2v) is 4.83. The van der Waals surface area contributed by atoms with Crippen LogP contribution in [-0.4, -0.2) is 65.1 Å². The second-order valence-electron chi connectivity index (χ2n) is 3.85. The van der Waals surface area contributed by atoms with E-state index in [1.165, 1.54) is 11.3 Å². The smallest absolute Gasteiger partial charge is 0.285 e. The first kappa shape index (κ1) is 13.2. The summed E-state index contributed by atoms with van der Waals surface area (Å²) in [5.74, 6) is -0.195. The lowest BCUT2D eigenvalue weighted by Crippen LogP contribution is -2.50. The predicted molar refractivity (Wildman–Crippen MR) is 66.8 cm³/mol. The topological polar surface area (TPSA) is 87.6 Å². The third-order valence-electron chi connectivity index (χ3n) is 2.64. The molecule has 2 heterocycles. The van der Waals surface area contributed by atoms with Crippen LogP contribution in [0.4, 0.5) is 5.13 Å². The van der Waals surface area contributed by atoms with Crippen molar-refractivity contribution < 1.29 is 14.6 Å². The van der Waals surface area contributed by atoms with Crippen molar-refractivity contribution in [3.05, 3.63) is 5.01 Å². The number of nitrogens with zero attached hydrogens (tertiary/aromatic N) is 3. The Balaban J connectivity index is 2.08. The maximum atomic E-state index is 12.2. The number of ether oxygens (including phenoxy) is 1. The monoisotopic (exact) mass is 272 g/mol. The predicted octanol–water partition coefficient (Wildman–Crippen LogP) is -0.197. The number of amides is 1. The average Bonchev–Trinajstić information content (AvgIpc) is 2.87. The minimum atomic E-state index is -0.294. The Morgan fingerprint density at radius 2 is 2.50 bits per heavy atom. The normalized spacial score (nSPS) is 19.9. The van der Waals surface area contributed by atoms with Gasteiger partial charge in [-0.1, -0.05) is 11.3 Å². The number of nitrogens with one attached hydrogen (secondary N) is 1. The largest absolute Gasteiger partial charge is 0.394 e. The van der Waals surface area contributed by atoms with Crippen molar-refractivity contribution >= 4 is 22.4 Å². The Labute approximate surface area is 109 Å². The van der Waals surface area contributed by atoms with Crippen molar-refractivity contribution in [3.63, 3.8) is 0 Å². The lowest BCUT2D eigenvalue weighted by Gasteiger charge is -2.33. The summed E-state index contributed by atoms with van der Waals surface area (Å²) in [6.07, 6.45) is 0. The first-order valence-electron chi connectivity index (χ1n) is 5.83. The Morgan fingerprint density at radius 1 is 1.67 bits per heavy atom. The highest BCUT2D eigenvalue weighted by Crippen LogP contribution is 2.19. The van der Waals surface area contributed by atoms with E-state index < -0.39 is 0 Å². The molecule has 0 aromatic carbocycles. The molecule has 1 saturated heterocycles. The number of carbonyl (C=O) groups is 1. The van der Waals surface area contributed by atoms with Crippen molar-refractivity contribution in [2.75, 3.05) is 38.2 Å². The van der Waals surface area contributed by atoms with Crippen molar-refractivity contribution in [1.29, 1.82) is 0 Å². The first-order chi connectivity index (χ1) is 8.76. The summed E-state index contributed by atoms with van der Waals surface area (Å²) in [6, 6.07) is -0.294. The van der Waals surface area contributed by atoms with Gasteiger partial charge in [-0.3, -0.25) is 4.79 Å². The van der Waals surface area contributed by atoms with Crippen molar-refractivity contribution in [1.82, 2.24) is 15.1 Å². The van der Waals surface area contributed by atoms with Gasteiger partial charge in [0.05, 0.1) is 25.9 Å². The van der Waals surface area contributed by atoms with Crippen molar-refractivity contribution in [2.45, 2.75) is 13.0 Å². The number of carbonyl (C=O) groups excluding carboxylic acids is 1. The first-order valence-corrected chi connectivity index (χ1v) is 6.64. The van der Waals surface area contributed by atoms with Gasteiger partial charge in [-0.2, -0.15) is 0 Å². The molecule has 8 heteroatoms. The molecule has 7 nitrogen and oxygen atoms in total. The Morgan fingerprint density at radius 3 is 3.22 bits per heavy atom. The van der Waals surface area contributed by atoms with Gasteiger partial charge in [0.2, 0.25) is 10.1 Å². The van der Waals surface area contributed by atoms with Crippen LogP contribution in [0.2, 0.25) is 0 Å². The fourth-order valence-electron chi connectivity index (χ4n) is 1.73. The van der Waals surface area contributed by atoms with E-state index in [0.717, 1.165) is 6.54 Å². The van der Waals surface area contributed by atoms with Crippen LogP contribution in [-0.2, 0) is 4.74 Å². The standard InChI is InChI=1S/C10H16N4O3S/c1-2-11-10-13-12-8(18-10)9(16)14-3-4-17-6-7(14)5-15/h7,15H,2-6H2,1H3,(H,11,13). The lowest BCUT2D eigenvalue weighted by atomic mass is 10.2. The minimum absolute atomic E-state index is 0.107. The molecule has 1 aliphatic rings. The molecule has 1 unspecified atom stereocenters. The number of rotatable bonds is 4. The molecule has 1 amide bonds. The molecular weight excluding hydrogens is 256 g/mol. The van der Waals surface area contributed by atoms with Crippen molar-refractivity contribution in [3.8, 4) is 0 Å². The van der Waals surface area contributed by atoms with Gasteiger partial charge in [0.15, 0.2) is 0 Å². The van der Waals surface area contributed by atoms with E-state index in [4.69, 9.17) is 4.74 Å². The van der Waals surface area contributed by atoms with E-state index in [0.29, 0.717) is 29.9 Å². The molecule has 18 heavy (non-hydrogen) atoms. The summed E-state index contributed by atoms with van der Waals surface area (Å²) in [5.41, 5.74) is 0. The molecule has 0 bridgehead atoms. The van der Waals surface area contributed by atoms with Crippen LogP contribution in [0.15, 0.2) is 0 Å². The molecule has 1 aromatic rings. The van der Waals surface area contributed by atoms with Crippen LogP contribution in [0.5, 0.6) is 0 Å². The molecule has 0 spiro atoms. The molecule has 0 saturated carbocycles. The lowest BCUT2D eigenvalue weighted by molar-refractivity contribution is -0.0184. The Bertz CT molecular complexity index is 412. The highest BCUT2D eigenvalue weighted by molar-refractivity contribution is 7.17. The van der Waals surface area contributed by atoms with Crippen LogP contribution in [0, 0.1) is 0 Å². The van der Waals surface area contributed by atoms with Gasteiger partial charge in [-0.25, -0.2) is 0 Å². The van der Waals surface area contributed by atoms with Crippen LogP contribution in [0.3, 0.4) is 0 Å². The number of hydrogen-bond donors (Lipinski definition) is 2.